The third kappa shape index (κ3) is 6.14. The van der Waals surface area contributed by atoms with Crippen molar-refractivity contribution in [2.24, 2.45) is 4.99 Å². The third-order valence-corrected chi connectivity index (χ3v) is 8.76. The molecule has 0 fully saturated rings. The fourth-order valence-electron chi connectivity index (χ4n) is 2.20. The molecule has 9 nitrogen and oxygen atoms in total. The minimum Gasteiger partial charge on any atom is -0.504 e. The van der Waals surface area contributed by atoms with Crippen LogP contribution in [0.25, 0.3) is 0 Å². The Kier molecular flexibility index (Phi) is 9.67. The quantitative estimate of drug-likeness (QED) is 0.289. The molecule has 1 aromatic carbocycles. The molecule has 0 amide bonds. The van der Waals surface area contributed by atoms with Crippen LogP contribution in [-0.2, 0) is 27.2 Å². The van der Waals surface area contributed by atoms with Gasteiger partial charge in [-0.15, -0.1) is 0 Å². The van der Waals surface area contributed by atoms with Crippen molar-refractivity contribution in [3.63, 3.8) is 0 Å². The highest BCUT2D eigenvalue weighted by Gasteiger charge is 2.51. The number of nitrogens with zero attached hydrogens (tertiary/aromatic N) is 1. The Bertz CT molecular complexity index is 674. The van der Waals surface area contributed by atoms with Crippen LogP contribution < -0.4 is 0 Å². The summed E-state index contributed by atoms with van der Waals surface area (Å²) in [5, 5.41) is 19.5. The van der Waals surface area contributed by atoms with Crippen LogP contribution in [0.1, 0.15) is 33.3 Å². The highest BCUT2D eigenvalue weighted by Crippen LogP contribution is 2.70. The minimum absolute atomic E-state index is 0.0267. The molecule has 0 aliphatic rings. The van der Waals surface area contributed by atoms with Gasteiger partial charge in [0.05, 0.1) is 26.4 Å². The molecule has 1 aromatic rings. The molecule has 0 atom stereocenters. The first-order chi connectivity index (χ1) is 12.8. The van der Waals surface area contributed by atoms with E-state index in [1.807, 2.05) is 0 Å². The van der Waals surface area contributed by atoms with Crippen LogP contribution >= 0.6 is 15.2 Å². The largest absolute Gasteiger partial charge is 0.504 e. The molecule has 0 spiro atoms. The Morgan fingerprint density at radius 3 is 1.78 bits per heavy atom. The maximum absolute atomic E-state index is 13.3. The van der Waals surface area contributed by atoms with Crippen molar-refractivity contribution in [2.75, 3.05) is 26.4 Å². The molecule has 0 aliphatic heterocycles. The van der Waals surface area contributed by atoms with E-state index in [-0.39, 0.29) is 37.7 Å². The lowest BCUT2D eigenvalue weighted by Crippen LogP contribution is -2.16. The van der Waals surface area contributed by atoms with Gasteiger partial charge in [0.1, 0.15) is 0 Å². The lowest BCUT2D eigenvalue weighted by Gasteiger charge is -2.28. The summed E-state index contributed by atoms with van der Waals surface area (Å²) in [6.07, 6.45) is 1.12. The number of phenols is 2. The van der Waals surface area contributed by atoms with Crippen molar-refractivity contribution in [2.45, 2.75) is 33.2 Å². The highest BCUT2D eigenvalue weighted by atomic mass is 31.2. The number of aromatic hydroxyl groups is 2. The second kappa shape index (κ2) is 11.0. The van der Waals surface area contributed by atoms with Crippen LogP contribution in [0.15, 0.2) is 23.2 Å². The molecule has 0 saturated carbocycles. The van der Waals surface area contributed by atoms with Gasteiger partial charge in [0.15, 0.2) is 11.5 Å². The van der Waals surface area contributed by atoms with Crippen LogP contribution in [0.4, 0.5) is 0 Å². The van der Waals surface area contributed by atoms with Gasteiger partial charge in [-0.2, -0.15) is 0 Å². The van der Waals surface area contributed by atoms with Gasteiger partial charge in [-0.05, 0) is 39.8 Å². The van der Waals surface area contributed by atoms with Crippen LogP contribution in [0.5, 0.6) is 11.5 Å². The van der Waals surface area contributed by atoms with E-state index < -0.39 is 26.5 Å². The fraction of sp³-hybridized carbons (Fsp3) is 0.562. The summed E-state index contributed by atoms with van der Waals surface area (Å²) in [5.41, 5.74) is -1.47. The second-order valence-electron chi connectivity index (χ2n) is 5.09. The highest BCUT2D eigenvalue weighted by molar-refractivity contribution is 7.72. The normalized spacial score (nSPS) is 12.9. The van der Waals surface area contributed by atoms with Gasteiger partial charge >= 0.3 is 15.2 Å². The van der Waals surface area contributed by atoms with Gasteiger partial charge in [-0.25, -0.2) is 0 Å². The summed E-state index contributed by atoms with van der Waals surface area (Å²) < 4.78 is 47.7. The summed E-state index contributed by atoms with van der Waals surface area (Å²) in [4.78, 5) is 4.09. The number of rotatable bonds is 12. The molecule has 2 N–H and O–H groups in total. The van der Waals surface area contributed by atoms with Gasteiger partial charge in [0, 0.05) is 11.8 Å². The number of aliphatic imine (C=N–C) groups is 1. The first-order valence-electron chi connectivity index (χ1n) is 8.59. The van der Waals surface area contributed by atoms with Crippen LogP contribution in [0.2, 0.25) is 0 Å². The molecule has 154 valence electrons. The molecular formula is C16H27NO8P2. The van der Waals surface area contributed by atoms with Gasteiger partial charge in [-0.3, -0.25) is 14.1 Å². The lowest BCUT2D eigenvalue weighted by molar-refractivity contribution is 0.196. The Balaban J connectivity index is 3.48. The molecular weight excluding hydrogens is 396 g/mol. The van der Waals surface area contributed by atoms with Crippen LogP contribution in [0, 0.1) is 0 Å². The van der Waals surface area contributed by atoms with Crippen molar-refractivity contribution in [1.82, 2.24) is 0 Å². The van der Waals surface area contributed by atoms with Gasteiger partial charge in [0.25, 0.3) is 5.52 Å². The van der Waals surface area contributed by atoms with Gasteiger partial charge in [0.2, 0.25) is 0 Å². The SMILES string of the molecule is CCOP(=O)(OCC)C(/N=C/c1cccc(O)c1O)P(=O)(OCC)OCC. The molecule has 1 rings (SSSR count). The Hall–Kier alpha value is -1.21. The minimum atomic E-state index is -4.03. The zero-order valence-electron chi connectivity index (χ0n) is 15.9. The Morgan fingerprint density at radius 2 is 1.37 bits per heavy atom. The van der Waals surface area contributed by atoms with Crippen molar-refractivity contribution in [3.05, 3.63) is 23.8 Å². The summed E-state index contributed by atoms with van der Waals surface area (Å²) in [5.74, 6) is -0.781. The molecule has 0 aliphatic carbocycles. The van der Waals surface area contributed by atoms with E-state index in [1.165, 1.54) is 18.2 Å². The fourth-order valence-corrected chi connectivity index (χ4v) is 6.96. The third-order valence-electron chi connectivity index (χ3n) is 3.19. The maximum Gasteiger partial charge on any atom is 0.367 e. The molecule has 0 radical (unpaired) electrons. The summed E-state index contributed by atoms with van der Waals surface area (Å²) in [6.45, 7) is 6.55. The number of hydrogen-bond donors (Lipinski definition) is 2. The standard InChI is InChI=1S/C16H27NO8P2/c1-5-22-26(20,23-6-2)16(27(21,24-7-3)25-8-4)17-12-13-10-9-11-14(18)15(13)19/h9-12,16,18-19H,5-8H2,1-4H3/b17-12+. The van der Waals surface area contributed by atoms with Crippen molar-refractivity contribution in [1.29, 1.82) is 0 Å². The molecule has 0 saturated heterocycles. The molecule has 0 bridgehead atoms. The second-order valence-corrected chi connectivity index (χ2v) is 9.67. The maximum atomic E-state index is 13.3. The summed E-state index contributed by atoms with van der Waals surface area (Å²) >= 11 is 0. The Labute approximate surface area is 159 Å². The predicted molar refractivity (Wildman–Crippen MR) is 103 cm³/mol. The average molecular weight is 423 g/mol. The van der Waals surface area contributed by atoms with E-state index in [0.29, 0.717) is 0 Å². The Morgan fingerprint density at radius 1 is 0.926 bits per heavy atom. The topological polar surface area (TPSA) is 124 Å². The summed E-state index contributed by atoms with van der Waals surface area (Å²) in [6, 6.07) is 4.25. The van der Waals surface area contributed by atoms with Crippen molar-refractivity contribution in [3.8, 4) is 11.5 Å². The lowest BCUT2D eigenvalue weighted by atomic mass is 10.2. The van der Waals surface area contributed by atoms with E-state index in [0.717, 1.165) is 6.21 Å². The smallest absolute Gasteiger partial charge is 0.367 e. The molecule has 0 unspecified atom stereocenters. The van der Waals surface area contributed by atoms with E-state index in [2.05, 4.69) is 4.99 Å². The number of hydrogen-bond acceptors (Lipinski definition) is 9. The number of phenolic OH excluding ortho intramolecular Hbond substituents is 2. The molecule has 0 heterocycles. The van der Waals surface area contributed by atoms with Crippen LogP contribution in [-0.4, -0.2) is 48.4 Å². The molecule has 11 heteroatoms. The first-order valence-corrected chi connectivity index (χ1v) is 11.8. The molecule has 0 aromatic heterocycles. The van der Waals surface area contributed by atoms with Crippen molar-refractivity contribution >= 4 is 21.4 Å². The van der Waals surface area contributed by atoms with E-state index >= 15 is 0 Å². The van der Waals surface area contributed by atoms with E-state index in [4.69, 9.17) is 18.1 Å². The first kappa shape index (κ1) is 23.8. The molecule has 27 heavy (non-hydrogen) atoms. The number of benzene rings is 1. The number of para-hydroxylation sites is 1. The van der Waals surface area contributed by atoms with Gasteiger partial charge in [-0.1, -0.05) is 6.07 Å². The predicted octanol–water partition coefficient (Wildman–Crippen LogP) is 4.33. The zero-order valence-corrected chi connectivity index (χ0v) is 17.7. The van der Waals surface area contributed by atoms with Crippen LogP contribution in [0.3, 0.4) is 0 Å². The van der Waals surface area contributed by atoms with E-state index in [9.17, 15) is 19.3 Å². The summed E-state index contributed by atoms with van der Waals surface area (Å²) in [7, 11) is -8.06. The van der Waals surface area contributed by atoms with Crippen molar-refractivity contribution < 1.29 is 37.4 Å². The monoisotopic (exact) mass is 423 g/mol. The zero-order chi connectivity index (χ0) is 20.5. The van der Waals surface area contributed by atoms with Gasteiger partial charge < -0.3 is 28.3 Å². The van der Waals surface area contributed by atoms with E-state index in [1.54, 1.807) is 27.7 Å². The average Bonchev–Trinajstić information content (AvgIpc) is 2.59.